The van der Waals surface area contributed by atoms with Gasteiger partial charge in [0.05, 0.1) is 0 Å². The third-order valence-electron chi connectivity index (χ3n) is 2.99. The lowest BCUT2D eigenvalue weighted by atomic mass is 9.86. The molecule has 0 bridgehead atoms. The van der Waals surface area contributed by atoms with Crippen molar-refractivity contribution >= 4 is 0 Å². The van der Waals surface area contributed by atoms with E-state index in [1.165, 1.54) is 24.3 Å². The predicted octanol–water partition coefficient (Wildman–Crippen LogP) is 3.38. The molecule has 3 heteroatoms. The number of nitrogens with two attached hydrogens (primary N) is 1. The molecule has 0 heterocycles. The van der Waals surface area contributed by atoms with Gasteiger partial charge in [0.15, 0.2) is 0 Å². The zero-order valence-corrected chi connectivity index (χ0v) is 10.2. The van der Waals surface area contributed by atoms with Crippen LogP contribution in [0.2, 0.25) is 0 Å². The normalized spacial score (nSPS) is 14.2. The monoisotopic (exact) mass is 247 g/mol. The maximum absolute atomic E-state index is 12.9. The van der Waals surface area contributed by atoms with Crippen LogP contribution in [0.1, 0.15) is 18.1 Å². The van der Waals surface area contributed by atoms with E-state index in [2.05, 4.69) is 0 Å². The fourth-order valence-electron chi connectivity index (χ4n) is 1.96. The van der Waals surface area contributed by atoms with Crippen LogP contribution in [0, 0.1) is 11.6 Å². The van der Waals surface area contributed by atoms with Gasteiger partial charge in [-0.2, -0.15) is 0 Å². The molecule has 1 nitrogen and oxygen atoms in total. The van der Waals surface area contributed by atoms with Crippen LogP contribution in [0.3, 0.4) is 0 Å². The van der Waals surface area contributed by atoms with Crippen molar-refractivity contribution in [1.82, 2.24) is 0 Å². The van der Waals surface area contributed by atoms with Crippen LogP contribution in [0.5, 0.6) is 0 Å². The van der Waals surface area contributed by atoms with Gasteiger partial charge in [-0.15, -0.1) is 0 Å². The molecular weight excluding hydrogens is 232 g/mol. The molecular formula is C15H15F2N. The molecule has 0 radical (unpaired) electrons. The van der Waals surface area contributed by atoms with Gasteiger partial charge in [0.2, 0.25) is 0 Å². The lowest BCUT2D eigenvalue weighted by molar-refractivity contribution is 0.489. The molecule has 0 aliphatic heterocycles. The molecule has 0 aliphatic carbocycles. The molecule has 0 saturated heterocycles. The molecule has 0 fully saturated rings. The van der Waals surface area contributed by atoms with E-state index in [0.717, 1.165) is 11.1 Å². The second kappa shape index (κ2) is 4.86. The molecule has 1 unspecified atom stereocenters. The Labute approximate surface area is 105 Å². The summed E-state index contributed by atoms with van der Waals surface area (Å²) in [5, 5.41) is 0. The minimum Gasteiger partial charge on any atom is -0.321 e. The smallest absolute Gasteiger partial charge is 0.123 e. The van der Waals surface area contributed by atoms with Gasteiger partial charge in [-0.05, 0) is 48.7 Å². The van der Waals surface area contributed by atoms with Crippen molar-refractivity contribution in [3.63, 3.8) is 0 Å². The standard InChI is InChI=1S/C15H15F2N/c1-15(18,12-4-8-14(17)9-5-12)10-11-2-6-13(16)7-3-11/h2-9H,10,18H2,1H3. The van der Waals surface area contributed by atoms with Crippen molar-refractivity contribution in [3.05, 3.63) is 71.3 Å². The van der Waals surface area contributed by atoms with Crippen molar-refractivity contribution in [2.45, 2.75) is 18.9 Å². The molecule has 0 aliphatic rings. The molecule has 2 N–H and O–H groups in total. The average Bonchev–Trinajstić information content (AvgIpc) is 2.32. The average molecular weight is 247 g/mol. The fraction of sp³-hybridized carbons (Fsp3) is 0.200. The van der Waals surface area contributed by atoms with E-state index in [0.29, 0.717) is 6.42 Å². The Hall–Kier alpha value is -1.74. The summed E-state index contributed by atoms with van der Waals surface area (Å²) in [6.45, 7) is 1.88. The Morgan fingerprint density at radius 1 is 0.889 bits per heavy atom. The number of rotatable bonds is 3. The Morgan fingerprint density at radius 3 is 1.83 bits per heavy atom. The summed E-state index contributed by atoms with van der Waals surface area (Å²) in [5.41, 5.74) is 7.44. The van der Waals surface area contributed by atoms with Crippen LogP contribution < -0.4 is 5.73 Å². The quantitative estimate of drug-likeness (QED) is 0.884. The van der Waals surface area contributed by atoms with Crippen LogP contribution in [-0.2, 0) is 12.0 Å². The van der Waals surface area contributed by atoms with Crippen LogP contribution in [0.15, 0.2) is 48.5 Å². The van der Waals surface area contributed by atoms with Gasteiger partial charge in [0.25, 0.3) is 0 Å². The SMILES string of the molecule is CC(N)(Cc1ccc(F)cc1)c1ccc(F)cc1. The number of hydrogen-bond donors (Lipinski definition) is 1. The summed E-state index contributed by atoms with van der Waals surface area (Å²) in [7, 11) is 0. The van der Waals surface area contributed by atoms with Gasteiger partial charge in [0, 0.05) is 5.54 Å². The van der Waals surface area contributed by atoms with Crippen molar-refractivity contribution in [2.75, 3.05) is 0 Å². The van der Waals surface area contributed by atoms with E-state index in [1.54, 1.807) is 24.3 Å². The molecule has 0 spiro atoms. The molecule has 18 heavy (non-hydrogen) atoms. The predicted molar refractivity (Wildman–Crippen MR) is 68.0 cm³/mol. The summed E-state index contributed by atoms with van der Waals surface area (Å²) < 4.78 is 25.7. The molecule has 1 atom stereocenters. The summed E-state index contributed by atoms with van der Waals surface area (Å²) >= 11 is 0. The maximum Gasteiger partial charge on any atom is 0.123 e. The molecule has 0 saturated carbocycles. The van der Waals surface area contributed by atoms with Crippen LogP contribution in [0.25, 0.3) is 0 Å². The van der Waals surface area contributed by atoms with Gasteiger partial charge < -0.3 is 5.73 Å². The zero-order chi connectivity index (χ0) is 13.2. The first-order chi connectivity index (χ1) is 8.47. The number of halogens is 2. The van der Waals surface area contributed by atoms with E-state index in [9.17, 15) is 8.78 Å². The van der Waals surface area contributed by atoms with Gasteiger partial charge >= 0.3 is 0 Å². The second-order valence-electron chi connectivity index (χ2n) is 4.73. The molecule has 2 rings (SSSR count). The number of hydrogen-bond acceptors (Lipinski definition) is 1. The summed E-state index contributed by atoms with van der Waals surface area (Å²) in [5.74, 6) is -0.546. The van der Waals surface area contributed by atoms with E-state index >= 15 is 0 Å². The Kier molecular flexibility index (Phi) is 3.43. The summed E-state index contributed by atoms with van der Waals surface area (Å²) in [6.07, 6.45) is 0.568. The first-order valence-electron chi connectivity index (χ1n) is 5.77. The highest BCUT2D eigenvalue weighted by atomic mass is 19.1. The zero-order valence-electron chi connectivity index (χ0n) is 10.2. The van der Waals surface area contributed by atoms with Crippen molar-refractivity contribution < 1.29 is 8.78 Å². The topological polar surface area (TPSA) is 26.0 Å². The first-order valence-corrected chi connectivity index (χ1v) is 5.77. The van der Waals surface area contributed by atoms with Gasteiger partial charge in [-0.3, -0.25) is 0 Å². The van der Waals surface area contributed by atoms with Gasteiger partial charge in [-0.25, -0.2) is 8.78 Å². The highest BCUT2D eigenvalue weighted by Gasteiger charge is 2.21. The van der Waals surface area contributed by atoms with Crippen molar-refractivity contribution in [1.29, 1.82) is 0 Å². The van der Waals surface area contributed by atoms with E-state index in [-0.39, 0.29) is 11.6 Å². The van der Waals surface area contributed by atoms with Crippen LogP contribution in [-0.4, -0.2) is 0 Å². The second-order valence-corrected chi connectivity index (χ2v) is 4.73. The van der Waals surface area contributed by atoms with Crippen LogP contribution >= 0.6 is 0 Å². The summed E-state index contributed by atoms with van der Waals surface area (Å²) in [6, 6.07) is 12.4. The van der Waals surface area contributed by atoms with E-state index in [1.807, 2.05) is 6.92 Å². The van der Waals surface area contributed by atoms with Crippen LogP contribution in [0.4, 0.5) is 8.78 Å². The lowest BCUT2D eigenvalue weighted by Crippen LogP contribution is -2.35. The first kappa shape index (κ1) is 12.7. The number of benzene rings is 2. The van der Waals surface area contributed by atoms with E-state index < -0.39 is 5.54 Å². The highest BCUT2D eigenvalue weighted by molar-refractivity contribution is 5.28. The summed E-state index contributed by atoms with van der Waals surface area (Å²) in [4.78, 5) is 0. The Bertz CT molecular complexity index is 515. The lowest BCUT2D eigenvalue weighted by Gasteiger charge is -2.25. The minimum absolute atomic E-state index is 0.265. The molecule has 2 aromatic rings. The fourth-order valence-corrected chi connectivity index (χ4v) is 1.96. The molecule has 0 aromatic heterocycles. The third-order valence-corrected chi connectivity index (χ3v) is 2.99. The van der Waals surface area contributed by atoms with Gasteiger partial charge in [0.1, 0.15) is 11.6 Å². The van der Waals surface area contributed by atoms with Gasteiger partial charge in [-0.1, -0.05) is 24.3 Å². The Morgan fingerprint density at radius 2 is 1.33 bits per heavy atom. The van der Waals surface area contributed by atoms with E-state index in [4.69, 9.17) is 5.73 Å². The molecule has 2 aromatic carbocycles. The Balaban J connectivity index is 2.20. The highest BCUT2D eigenvalue weighted by Crippen LogP contribution is 2.23. The largest absolute Gasteiger partial charge is 0.321 e. The minimum atomic E-state index is -0.606. The molecule has 94 valence electrons. The van der Waals surface area contributed by atoms with Crippen molar-refractivity contribution in [2.24, 2.45) is 5.73 Å². The maximum atomic E-state index is 12.9. The van der Waals surface area contributed by atoms with Crippen molar-refractivity contribution in [3.8, 4) is 0 Å². The third kappa shape index (κ3) is 2.93. The molecule has 0 amide bonds.